The van der Waals surface area contributed by atoms with E-state index in [-0.39, 0.29) is 31.1 Å². The molecule has 2 aliphatic rings. The zero-order valence-corrected chi connectivity index (χ0v) is 10.6. The number of nitrogens with one attached hydrogen (secondary N) is 1. The third-order valence-electron chi connectivity index (χ3n) is 3.76. The highest BCUT2D eigenvalue weighted by Gasteiger charge is 2.29. The lowest BCUT2D eigenvalue weighted by Gasteiger charge is -2.29. The molecule has 2 saturated heterocycles. The van der Waals surface area contributed by atoms with Crippen LogP contribution in [-0.4, -0.2) is 65.7 Å². The van der Waals surface area contributed by atoms with Gasteiger partial charge in [-0.25, -0.2) is 4.79 Å². The summed E-state index contributed by atoms with van der Waals surface area (Å²) in [5.74, 6) is -0.157. The molecule has 1 atom stereocenters. The van der Waals surface area contributed by atoms with Crippen LogP contribution in [0.15, 0.2) is 0 Å². The van der Waals surface area contributed by atoms with Gasteiger partial charge in [-0.05, 0) is 19.4 Å². The Bertz CT molecular complexity index is 306. The molecule has 0 aliphatic carbocycles. The van der Waals surface area contributed by atoms with Gasteiger partial charge in [0, 0.05) is 19.1 Å². The minimum atomic E-state index is -0.296. The van der Waals surface area contributed by atoms with Gasteiger partial charge >= 0.3 is 6.03 Å². The van der Waals surface area contributed by atoms with Crippen molar-refractivity contribution in [3.05, 3.63) is 0 Å². The quantitative estimate of drug-likeness (QED) is 0.681. The number of amides is 3. The number of nitrogens with zero attached hydrogens (tertiary/aromatic N) is 2. The Morgan fingerprint density at radius 1 is 1.22 bits per heavy atom. The molecule has 0 aromatic heterocycles. The highest BCUT2D eigenvalue weighted by molar-refractivity contribution is 6.01. The van der Waals surface area contributed by atoms with Crippen molar-refractivity contribution in [1.29, 1.82) is 0 Å². The summed E-state index contributed by atoms with van der Waals surface area (Å²) in [6.07, 6.45) is 4.45. The number of hydrogen-bond acceptors (Lipinski definition) is 4. The molecule has 2 fully saturated rings. The third kappa shape index (κ3) is 3.00. The largest absolute Gasteiger partial charge is 0.395 e. The maximum Gasteiger partial charge on any atom is 0.324 e. The number of carbonyl (C=O) groups excluding carboxylic acids is 2. The molecule has 1 unspecified atom stereocenters. The Labute approximate surface area is 107 Å². The van der Waals surface area contributed by atoms with Gasteiger partial charge in [0.05, 0.1) is 13.2 Å². The zero-order chi connectivity index (χ0) is 13.0. The van der Waals surface area contributed by atoms with Crippen LogP contribution < -0.4 is 5.32 Å². The summed E-state index contributed by atoms with van der Waals surface area (Å²) in [6.45, 7) is 2.28. The van der Waals surface area contributed by atoms with Crippen molar-refractivity contribution in [3.8, 4) is 0 Å². The number of imide groups is 1. The summed E-state index contributed by atoms with van der Waals surface area (Å²) in [7, 11) is 0. The standard InChI is InChI=1S/C12H21N3O3/c16-9-10-4-2-1-3-5-14(10)6-7-15-11(17)8-13-12(15)18/h10,16H,1-9H2,(H,13,18). The Morgan fingerprint density at radius 2 is 2.06 bits per heavy atom. The number of urea groups is 1. The summed E-state index contributed by atoms with van der Waals surface area (Å²) < 4.78 is 0. The van der Waals surface area contributed by atoms with Gasteiger partial charge in [0.1, 0.15) is 0 Å². The van der Waals surface area contributed by atoms with Crippen LogP contribution in [0, 0.1) is 0 Å². The lowest BCUT2D eigenvalue weighted by molar-refractivity contribution is -0.125. The molecule has 2 heterocycles. The van der Waals surface area contributed by atoms with Crippen molar-refractivity contribution < 1.29 is 14.7 Å². The topological polar surface area (TPSA) is 72.9 Å². The number of likely N-dealkylation sites (tertiary alicyclic amines) is 1. The average Bonchev–Trinajstić information content (AvgIpc) is 2.58. The van der Waals surface area contributed by atoms with E-state index in [0.29, 0.717) is 13.1 Å². The van der Waals surface area contributed by atoms with E-state index in [1.165, 1.54) is 11.3 Å². The molecule has 0 radical (unpaired) electrons. The number of aliphatic hydroxyl groups excluding tert-OH is 1. The lowest BCUT2D eigenvalue weighted by Crippen LogP contribution is -2.44. The summed E-state index contributed by atoms with van der Waals surface area (Å²) in [4.78, 5) is 26.3. The van der Waals surface area contributed by atoms with E-state index < -0.39 is 0 Å². The predicted molar refractivity (Wildman–Crippen MR) is 66.0 cm³/mol. The first-order chi connectivity index (χ1) is 8.72. The van der Waals surface area contributed by atoms with Gasteiger partial charge in [0.2, 0.25) is 5.91 Å². The van der Waals surface area contributed by atoms with Gasteiger partial charge in [-0.15, -0.1) is 0 Å². The molecule has 0 aromatic carbocycles. The Hall–Kier alpha value is -1.14. The molecular weight excluding hydrogens is 234 g/mol. The molecule has 3 amide bonds. The Morgan fingerprint density at radius 3 is 2.72 bits per heavy atom. The fraction of sp³-hybridized carbons (Fsp3) is 0.833. The highest BCUT2D eigenvalue weighted by atomic mass is 16.3. The van der Waals surface area contributed by atoms with Crippen molar-refractivity contribution in [2.75, 3.05) is 32.8 Å². The van der Waals surface area contributed by atoms with Crippen LogP contribution in [0.3, 0.4) is 0 Å². The minimum Gasteiger partial charge on any atom is -0.395 e. The van der Waals surface area contributed by atoms with E-state index in [1.54, 1.807) is 0 Å². The fourth-order valence-corrected chi connectivity index (χ4v) is 2.65. The van der Waals surface area contributed by atoms with Gasteiger partial charge in [0.15, 0.2) is 0 Å². The smallest absolute Gasteiger partial charge is 0.324 e. The monoisotopic (exact) mass is 255 g/mol. The minimum absolute atomic E-state index is 0.113. The van der Waals surface area contributed by atoms with Gasteiger partial charge < -0.3 is 10.4 Å². The highest BCUT2D eigenvalue weighted by Crippen LogP contribution is 2.16. The fourth-order valence-electron chi connectivity index (χ4n) is 2.65. The molecule has 0 saturated carbocycles. The molecule has 102 valence electrons. The van der Waals surface area contributed by atoms with Gasteiger partial charge in [-0.2, -0.15) is 0 Å². The molecule has 2 aliphatic heterocycles. The molecule has 18 heavy (non-hydrogen) atoms. The summed E-state index contributed by atoms with van der Waals surface area (Å²) >= 11 is 0. The Balaban J connectivity index is 1.87. The average molecular weight is 255 g/mol. The van der Waals surface area contributed by atoms with E-state index in [1.807, 2.05) is 0 Å². The molecule has 0 aromatic rings. The van der Waals surface area contributed by atoms with Crippen molar-refractivity contribution in [2.24, 2.45) is 0 Å². The SMILES string of the molecule is O=C1CNC(=O)N1CCN1CCCCCC1CO. The molecule has 0 bridgehead atoms. The molecule has 0 spiro atoms. The van der Waals surface area contributed by atoms with Crippen LogP contribution in [0.5, 0.6) is 0 Å². The second-order valence-electron chi connectivity index (χ2n) is 4.93. The van der Waals surface area contributed by atoms with Gasteiger partial charge in [-0.1, -0.05) is 12.8 Å². The van der Waals surface area contributed by atoms with E-state index in [9.17, 15) is 14.7 Å². The van der Waals surface area contributed by atoms with E-state index >= 15 is 0 Å². The van der Waals surface area contributed by atoms with Gasteiger partial charge in [-0.3, -0.25) is 14.6 Å². The van der Waals surface area contributed by atoms with Crippen molar-refractivity contribution in [2.45, 2.75) is 31.7 Å². The molecule has 6 nitrogen and oxygen atoms in total. The summed E-state index contributed by atoms with van der Waals surface area (Å²) in [5, 5.41) is 11.9. The van der Waals surface area contributed by atoms with Crippen LogP contribution in [0.4, 0.5) is 4.79 Å². The molecule has 2 N–H and O–H groups in total. The van der Waals surface area contributed by atoms with Gasteiger partial charge in [0.25, 0.3) is 0 Å². The number of rotatable bonds is 4. The first-order valence-corrected chi connectivity index (χ1v) is 6.65. The summed E-state index contributed by atoms with van der Waals surface area (Å²) in [6, 6.07) is -0.122. The van der Waals surface area contributed by atoms with Crippen molar-refractivity contribution >= 4 is 11.9 Å². The normalized spacial score (nSPS) is 26.3. The van der Waals surface area contributed by atoms with Crippen LogP contribution in [-0.2, 0) is 4.79 Å². The Kier molecular flexibility index (Phi) is 4.54. The van der Waals surface area contributed by atoms with Crippen LogP contribution >= 0.6 is 0 Å². The second kappa shape index (κ2) is 6.15. The first kappa shape index (κ1) is 13.3. The maximum absolute atomic E-state index is 11.5. The maximum atomic E-state index is 11.5. The first-order valence-electron chi connectivity index (χ1n) is 6.65. The third-order valence-corrected chi connectivity index (χ3v) is 3.76. The zero-order valence-electron chi connectivity index (χ0n) is 10.6. The second-order valence-corrected chi connectivity index (χ2v) is 4.93. The predicted octanol–water partition coefficient (Wildman–Crippen LogP) is -0.225. The van der Waals surface area contributed by atoms with E-state index in [4.69, 9.17) is 0 Å². The molecule has 6 heteroatoms. The van der Waals surface area contributed by atoms with E-state index in [2.05, 4.69) is 10.2 Å². The lowest BCUT2D eigenvalue weighted by atomic mass is 10.1. The number of aliphatic hydroxyl groups is 1. The van der Waals surface area contributed by atoms with E-state index in [0.717, 1.165) is 25.8 Å². The summed E-state index contributed by atoms with van der Waals surface area (Å²) in [5.41, 5.74) is 0. The van der Waals surface area contributed by atoms with Crippen molar-refractivity contribution in [3.63, 3.8) is 0 Å². The van der Waals surface area contributed by atoms with Crippen molar-refractivity contribution in [1.82, 2.24) is 15.1 Å². The van der Waals surface area contributed by atoms with Crippen LogP contribution in [0.1, 0.15) is 25.7 Å². The van der Waals surface area contributed by atoms with Crippen LogP contribution in [0.2, 0.25) is 0 Å². The number of carbonyl (C=O) groups is 2. The number of hydrogen-bond donors (Lipinski definition) is 2. The van der Waals surface area contributed by atoms with Crippen LogP contribution in [0.25, 0.3) is 0 Å². The molecule has 2 rings (SSSR count). The molecular formula is C12H21N3O3.